The Kier molecular flexibility index (Phi) is 2.89. The number of hydrogen-bond donors (Lipinski definition) is 1. The Morgan fingerprint density at radius 3 is 2.85 bits per heavy atom. The van der Waals surface area contributed by atoms with E-state index in [4.69, 9.17) is 0 Å². The molecule has 0 amide bonds. The molecule has 1 saturated heterocycles. The predicted molar refractivity (Wildman–Crippen MR) is 60.3 cm³/mol. The maximum Gasteiger partial charge on any atom is 0.0172 e. The van der Waals surface area contributed by atoms with Gasteiger partial charge in [-0.3, -0.25) is 0 Å². The summed E-state index contributed by atoms with van der Waals surface area (Å²) in [6, 6.07) is 0.730. The third-order valence-electron chi connectivity index (χ3n) is 3.76. The van der Waals surface area contributed by atoms with Gasteiger partial charge < -0.3 is 5.32 Å². The van der Waals surface area contributed by atoms with E-state index in [-0.39, 0.29) is 0 Å². The second kappa shape index (κ2) is 3.82. The van der Waals surface area contributed by atoms with Crippen LogP contribution in [0.4, 0.5) is 0 Å². The first kappa shape index (κ1) is 9.85. The van der Waals surface area contributed by atoms with Gasteiger partial charge in [-0.2, -0.15) is 11.8 Å². The van der Waals surface area contributed by atoms with Crippen LogP contribution in [0, 0.1) is 5.41 Å². The van der Waals surface area contributed by atoms with Crippen LogP contribution in [0.15, 0.2) is 0 Å². The van der Waals surface area contributed by atoms with Crippen molar-refractivity contribution in [3.63, 3.8) is 0 Å². The first-order chi connectivity index (χ1) is 6.21. The Bertz CT molecular complexity index is 171. The molecule has 1 nitrogen and oxygen atoms in total. The summed E-state index contributed by atoms with van der Waals surface area (Å²) >= 11 is 2.15. The summed E-state index contributed by atoms with van der Waals surface area (Å²) in [7, 11) is 0. The second-order valence-corrected chi connectivity index (χ2v) is 6.33. The molecular formula is C11H21NS. The van der Waals surface area contributed by atoms with E-state index in [0.29, 0.717) is 5.41 Å². The lowest BCUT2D eigenvalue weighted by Gasteiger charge is -2.22. The van der Waals surface area contributed by atoms with Crippen molar-refractivity contribution >= 4 is 11.8 Å². The molecule has 2 unspecified atom stereocenters. The molecule has 1 N–H and O–H groups in total. The summed E-state index contributed by atoms with van der Waals surface area (Å²) < 4.78 is 0. The van der Waals surface area contributed by atoms with Gasteiger partial charge in [0.1, 0.15) is 0 Å². The Hall–Kier alpha value is 0.310. The Labute approximate surface area is 86.0 Å². The van der Waals surface area contributed by atoms with Crippen molar-refractivity contribution in [2.24, 2.45) is 5.41 Å². The average molecular weight is 199 g/mol. The highest BCUT2D eigenvalue weighted by atomic mass is 32.2. The first-order valence-corrected chi connectivity index (χ1v) is 6.60. The van der Waals surface area contributed by atoms with Crippen molar-refractivity contribution in [1.29, 1.82) is 0 Å². The molecule has 0 aromatic heterocycles. The predicted octanol–water partition coefficient (Wildman–Crippen LogP) is 2.66. The van der Waals surface area contributed by atoms with Crippen LogP contribution in [0.1, 0.15) is 39.5 Å². The molecule has 0 radical (unpaired) electrons. The van der Waals surface area contributed by atoms with Crippen LogP contribution in [0.25, 0.3) is 0 Å². The molecule has 1 saturated carbocycles. The minimum absolute atomic E-state index is 0.642. The molecule has 2 atom stereocenters. The van der Waals surface area contributed by atoms with Crippen molar-refractivity contribution in [1.82, 2.24) is 5.32 Å². The van der Waals surface area contributed by atoms with Crippen molar-refractivity contribution < 1.29 is 0 Å². The maximum absolute atomic E-state index is 3.71. The summed E-state index contributed by atoms with van der Waals surface area (Å²) in [5.74, 6) is 1.39. The highest BCUT2D eigenvalue weighted by Crippen LogP contribution is 2.48. The normalized spacial score (nSPS) is 33.2. The number of hydrogen-bond acceptors (Lipinski definition) is 2. The topological polar surface area (TPSA) is 12.0 Å². The minimum Gasteiger partial charge on any atom is -0.313 e. The van der Waals surface area contributed by atoms with Gasteiger partial charge in [-0.05, 0) is 43.8 Å². The average Bonchev–Trinajstić information content (AvgIpc) is 2.70. The smallest absolute Gasteiger partial charge is 0.0172 e. The molecule has 76 valence electrons. The third-order valence-corrected chi connectivity index (χ3v) is 5.16. The van der Waals surface area contributed by atoms with Crippen LogP contribution < -0.4 is 5.32 Å². The zero-order chi connectivity index (χ0) is 9.31. The molecule has 0 aromatic carbocycles. The van der Waals surface area contributed by atoms with E-state index in [1.165, 1.54) is 38.0 Å². The van der Waals surface area contributed by atoms with Gasteiger partial charge in [0.05, 0.1) is 0 Å². The summed E-state index contributed by atoms with van der Waals surface area (Å²) in [5, 5.41) is 4.61. The van der Waals surface area contributed by atoms with Crippen LogP contribution in [-0.2, 0) is 0 Å². The molecule has 2 rings (SSSR count). The molecule has 2 aliphatic rings. The third kappa shape index (κ3) is 2.41. The molecule has 1 aliphatic heterocycles. The van der Waals surface area contributed by atoms with E-state index in [2.05, 4.69) is 30.9 Å². The van der Waals surface area contributed by atoms with Gasteiger partial charge in [-0.1, -0.05) is 6.92 Å². The van der Waals surface area contributed by atoms with Gasteiger partial charge in [-0.25, -0.2) is 0 Å². The minimum atomic E-state index is 0.642. The van der Waals surface area contributed by atoms with Gasteiger partial charge in [0.15, 0.2) is 0 Å². The van der Waals surface area contributed by atoms with Gasteiger partial charge in [-0.15, -0.1) is 0 Å². The van der Waals surface area contributed by atoms with Gasteiger partial charge in [0.25, 0.3) is 0 Å². The molecule has 2 heteroatoms. The maximum atomic E-state index is 3.71. The number of thioether (sulfide) groups is 1. The molecule has 0 aromatic rings. The van der Waals surface area contributed by atoms with Gasteiger partial charge in [0, 0.05) is 17.8 Å². The Balaban J connectivity index is 1.66. The van der Waals surface area contributed by atoms with Crippen LogP contribution >= 0.6 is 11.8 Å². The van der Waals surface area contributed by atoms with Crippen LogP contribution in [0.5, 0.6) is 0 Å². The van der Waals surface area contributed by atoms with E-state index in [1.807, 2.05) is 0 Å². The summed E-state index contributed by atoms with van der Waals surface area (Å²) in [6.07, 6.45) is 5.72. The van der Waals surface area contributed by atoms with E-state index >= 15 is 0 Å². The van der Waals surface area contributed by atoms with E-state index in [0.717, 1.165) is 11.3 Å². The molecular weight excluding hydrogens is 178 g/mol. The van der Waals surface area contributed by atoms with Crippen molar-refractivity contribution in [2.45, 2.75) is 50.8 Å². The van der Waals surface area contributed by atoms with Crippen LogP contribution in [0.3, 0.4) is 0 Å². The summed E-state index contributed by atoms with van der Waals surface area (Å²) in [5.41, 5.74) is 0.642. The quantitative estimate of drug-likeness (QED) is 0.747. The Morgan fingerprint density at radius 2 is 2.31 bits per heavy atom. The molecule has 1 heterocycles. The first-order valence-electron chi connectivity index (χ1n) is 5.56. The second-order valence-electron chi connectivity index (χ2n) is 4.92. The summed E-state index contributed by atoms with van der Waals surface area (Å²) in [4.78, 5) is 0. The standard InChI is InChI=1S/C11H21NS/c1-9(11(2)5-6-11)12-8-10-4-3-7-13-10/h9-10,12H,3-8H2,1-2H3. The fraction of sp³-hybridized carbons (Fsp3) is 1.00. The SMILES string of the molecule is CC(NCC1CCCS1)C1(C)CC1. The van der Waals surface area contributed by atoms with E-state index < -0.39 is 0 Å². The van der Waals surface area contributed by atoms with Crippen LogP contribution in [-0.4, -0.2) is 23.6 Å². The fourth-order valence-electron chi connectivity index (χ4n) is 1.99. The summed E-state index contributed by atoms with van der Waals surface area (Å²) in [6.45, 7) is 6.00. The zero-order valence-corrected chi connectivity index (χ0v) is 9.62. The Morgan fingerprint density at radius 1 is 1.54 bits per heavy atom. The highest BCUT2D eigenvalue weighted by Gasteiger charge is 2.42. The van der Waals surface area contributed by atoms with E-state index in [9.17, 15) is 0 Å². The molecule has 2 fully saturated rings. The van der Waals surface area contributed by atoms with Gasteiger partial charge in [0.2, 0.25) is 0 Å². The number of rotatable bonds is 4. The number of nitrogens with one attached hydrogen (secondary N) is 1. The molecule has 13 heavy (non-hydrogen) atoms. The largest absolute Gasteiger partial charge is 0.313 e. The zero-order valence-electron chi connectivity index (χ0n) is 8.81. The fourth-order valence-corrected chi connectivity index (χ4v) is 3.20. The van der Waals surface area contributed by atoms with Crippen molar-refractivity contribution in [2.75, 3.05) is 12.3 Å². The lowest BCUT2D eigenvalue weighted by Crippen LogP contribution is -2.37. The highest BCUT2D eigenvalue weighted by molar-refractivity contribution is 8.00. The molecule has 0 bridgehead atoms. The lowest BCUT2D eigenvalue weighted by molar-refractivity contribution is 0.381. The molecule has 0 spiro atoms. The van der Waals surface area contributed by atoms with Gasteiger partial charge >= 0.3 is 0 Å². The van der Waals surface area contributed by atoms with E-state index in [1.54, 1.807) is 0 Å². The van der Waals surface area contributed by atoms with Crippen molar-refractivity contribution in [3.8, 4) is 0 Å². The van der Waals surface area contributed by atoms with Crippen molar-refractivity contribution in [3.05, 3.63) is 0 Å². The monoisotopic (exact) mass is 199 g/mol. The lowest BCUT2D eigenvalue weighted by atomic mass is 10.0. The molecule has 1 aliphatic carbocycles. The van der Waals surface area contributed by atoms with Crippen LogP contribution in [0.2, 0.25) is 0 Å².